The van der Waals surface area contributed by atoms with Crippen LogP contribution in [0.2, 0.25) is 0 Å². The van der Waals surface area contributed by atoms with Crippen LogP contribution in [0.4, 0.5) is 11.4 Å². The average Bonchev–Trinajstić information content (AvgIpc) is 2.85. The Bertz CT molecular complexity index is 1180. The number of nitro benzene ring substituents is 1. The molecule has 1 fully saturated rings. The number of amides is 1. The molecule has 0 radical (unpaired) electrons. The summed E-state index contributed by atoms with van der Waals surface area (Å²) in [6, 6.07) is 17.6. The van der Waals surface area contributed by atoms with Gasteiger partial charge >= 0.3 is 0 Å². The molecule has 1 aliphatic rings. The molecule has 0 unspecified atom stereocenters. The Balaban J connectivity index is 1.73. The minimum Gasteiger partial charge on any atom is -0.497 e. The van der Waals surface area contributed by atoms with Crippen LogP contribution in [0, 0.1) is 10.1 Å². The Labute approximate surface area is 190 Å². The topological polar surface area (TPSA) is 100 Å². The first kappa shape index (κ1) is 21.9. The van der Waals surface area contributed by atoms with Gasteiger partial charge in [0.2, 0.25) is 6.10 Å². The highest BCUT2D eigenvalue weighted by Crippen LogP contribution is 2.44. The number of hydrogen-bond acceptors (Lipinski definition) is 7. The van der Waals surface area contributed by atoms with E-state index in [9.17, 15) is 14.9 Å². The zero-order valence-electron chi connectivity index (χ0n) is 18.3. The van der Waals surface area contributed by atoms with Gasteiger partial charge in [-0.25, -0.2) is 0 Å². The SMILES string of the molecule is COc1ccc(O[C@@H]2C(=O)N(c3cccc([N+](=O)[O-])c3)[C@@H]2c2ccc(OC)c(OC)c2)cc1. The number of methoxy groups -OCH3 is 3. The van der Waals surface area contributed by atoms with Gasteiger partial charge in [-0.2, -0.15) is 0 Å². The summed E-state index contributed by atoms with van der Waals surface area (Å²) in [5.74, 6) is 1.89. The molecule has 1 saturated heterocycles. The summed E-state index contributed by atoms with van der Waals surface area (Å²) < 4.78 is 21.9. The van der Waals surface area contributed by atoms with Crippen LogP contribution in [0.15, 0.2) is 66.7 Å². The molecule has 3 aromatic carbocycles. The van der Waals surface area contributed by atoms with Gasteiger partial charge < -0.3 is 18.9 Å². The van der Waals surface area contributed by atoms with Gasteiger partial charge in [0, 0.05) is 12.1 Å². The van der Waals surface area contributed by atoms with Crippen LogP contribution in [-0.2, 0) is 4.79 Å². The summed E-state index contributed by atoms with van der Waals surface area (Å²) in [4.78, 5) is 25.4. The first-order valence-corrected chi connectivity index (χ1v) is 10.1. The van der Waals surface area contributed by atoms with E-state index < -0.39 is 17.1 Å². The monoisotopic (exact) mass is 450 g/mol. The summed E-state index contributed by atoms with van der Waals surface area (Å²) >= 11 is 0. The number of anilines is 1. The van der Waals surface area contributed by atoms with Crippen LogP contribution < -0.4 is 23.8 Å². The van der Waals surface area contributed by atoms with Gasteiger partial charge in [0.25, 0.3) is 11.6 Å². The largest absolute Gasteiger partial charge is 0.497 e. The van der Waals surface area contributed by atoms with Crippen molar-refractivity contribution in [3.05, 3.63) is 82.4 Å². The third-order valence-electron chi connectivity index (χ3n) is 5.44. The smallest absolute Gasteiger partial charge is 0.271 e. The maximum Gasteiger partial charge on any atom is 0.271 e. The van der Waals surface area contributed by atoms with Crippen molar-refractivity contribution < 1.29 is 28.7 Å². The second-order valence-corrected chi connectivity index (χ2v) is 7.26. The molecule has 1 amide bonds. The molecule has 2 atom stereocenters. The molecule has 0 aromatic heterocycles. The quantitative estimate of drug-likeness (QED) is 0.289. The fraction of sp³-hybridized carbons (Fsp3) is 0.208. The van der Waals surface area contributed by atoms with E-state index in [2.05, 4.69) is 0 Å². The predicted octanol–water partition coefficient (Wildman–Crippen LogP) is 4.16. The second kappa shape index (κ2) is 9.07. The van der Waals surface area contributed by atoms with Gasteiger partial charge in [0.05, 0.1) is 31.9 Å². The Kier molecular flexibility index (Phi) is 6.03. The van der Waals surface area contributed by atoms with E-state index in [4.69, 9.17) is 18.9 Å². The highest BCUT2D eigenvalue weighted by Gasteiger charge is 2.51. The Morgan fingerprint density at radius 1 is 0.848 bits per heavy atom. The molecule has 0 N–H and O–H groups in total. The fourth-order valence-corrected chi connectivity index (χ4v) is 3.78. The van der Waals surface area contributed by atoms with Crippen molar-refractivity contribution in [3.8, 4) is 23.0 Å². The van der Waals surface area contributed by atoms with Crippen LogP contribution in [0.25, 0.3) is 0 Å². The molecule has 0 bridgehead atoms. The van der Waals surface area contributed by atoms with Gasteiger partial charge in [-0.3, -0.25) is 19.8 Å². The van der Waals surface area contributed by atoms with E-state index in [0.29, 0.717) is 28.7 Å². The number of β-lactam (4-membered cyclic amide) rings is 1. The molecular weight excluding hydrogens is 428 g/mol. The van der Waals surface area contributed by atoms with Gasteiger partial charge in [-0.05, 0) is 48.0 Å². The van der Waals surface area contributed by atoms with Gasteiger partial charge in [-0.15, -0.1) is 0 Å². The normalized spacial score (nSPS) is 17.2. The molecule has 4 rings (SSSR count). The van der Waals surface area contributed by atoms with Crippen LogP contribution in [-0.4, -0.2) is 38.3 Å². The Morgan fingerprint density at radius 2 is 1.55 bits per heavy atom. The van der Waals surface area contributed by atoms with Crippen LogP contribution in [0.1, 0.15) is 11.6 Å². The summed E-state index contributed by atoms with van der Waals surface area (Å²) in [6.07, 6.45) is -0.837. The van der Waals surface area contributed by atoms with Gasteiger partial charge in [0.1, 0.15) is 17.5 Å². The second-order valence-electron chi connectivity index (χ2n) is 7.26. The lowest BCUT2D eigenvalue weighted by Gasteiger charge is -2.46. The summed E-state index contributed by atoms with van der Waals surface area (Å²) in [6.45, 7) is 0. The van der Waals surface area contributed by atoms with Crippen molar-refractivity contribution in [3.63, 3.8) is 0 Å². The van der Waals surface area contributed by atoms with Crippen molar-refractivity contribution in [1.82, 2.24) is 0 Å². The average molecular weight is 450 g/mol. The van der Waals surface area contributed by atoms with E-state index in [0.717, 1.165) is 5.56 Å². The number of benzene rings is 3. The van der Waals surface area contributed by atoms with E-state index >= 15 is 0 Å². The minimum atomic E-state index is -0.837. The lowest BCUT2D eigenvalue weighted by atomic mass is 9.89. The fourth-order valence-electron chi connectivity index (χ4n) is 3.78. The van der Waals surface area contributed by atoms with Gasteiger partial charge in [0.15, 0.2) is 11.5 Å². The number of carbonyl (C=O) groups excluding carboxylic acids is 1. The maximum atomic E-state index is 13.2. The van der Waals surface area contributed by atoms with Crippen LogP contribution in [0.3, 0.4) is 0 Å². The van der Waals surface area contributed by atoms with Crippen LogP contribution >= 0.6 is 0 Å². The molecule has 9 nitrogen and oxygen atoms in total. The maximum absolute atomic E-state index is 13.2. The van der Waals surface area contributed by atoms with Crippen molar-refractivity contribution in [2.75, 3.05) is 26.2 Å². The Morgan fingerprint density at radius 3 is 2.18 bits per heavy atom. The number of non-ortho nitro benzene ring substituents is 1. The first-order valence-electron chi connectivity index (χ1n) is 10.1. The highest BCUT2D eigenvalue weighted by atomic mass is 16.6. The van der Waals surface area contributed by atoms with Crippen molar-refractivity contribution in [1.29, 1.82) is 0 Å². The number of carbonyl (C=O) groups is 1. The minimum absolute atomic E-state index is 0.106. The van der Waals surface area contributed by atoms with Crippen LogP contribution in [0.5, 0.6) is 23.0 Å². The lowest BCUT2D eigenvalue weighted by Crippen LogP contribution is -2.61. The van der Waals surface area contributed by atoms with E-state index in [1.807, 2.05) is 6.07 Å². The highest BCUT2D eigenvalue weighted by molar-refractivity contribution is 6.05. The zero-order chi connectivity index (χ0) is 23.5. The van der Waals surface area contributed by atoms with E-state index in [-0.39, 0.29) is 11.6 Å². The van der Waals surface area contributed by atoms with Crippen molar-refractivity contribution in [2.24, 2.45) is 0 Å². The molecular formula is C24H22N2O7. The molecule has 3 aromatic rings. The number of rotatable bonds is 8. The molecule has 9 heteroatoms. The molecule has 170 valence electrons. The molecule has 0 saturated carbocycles. The number of hydrogen-bond donors (Lipinski definition) is 0. The Hall–Kier alpha value is -4.27. The summed E-state index contributed by atoms with van der Waals surface area (Å²) in [5.41, 5.74) is 1.03. The number of ether oxygens (including phenoxy) is 4. The summed E-state index contributed by atoms with van der Waals surface area (Å²) in [7, 11) is 4.63. The number of nitrogens with zero attached hydrogens (tertiary/aromatic N) is 2. The first-order chi connectivity index (χ1) is 16.0. The third-order valence-corrected chi connectivity index (χ3v) is 5.44. The molecule has 1 heterocycles. The van der Waals surface area contributed by atoms with Crippen molar-refractivity contribution in [2.45, 2.75) is 12.1 Å². The predicted molar refractivity (Wildman–Crippen MR) is 120 cm³/mol. The number of nitro groups is 1. The zero-order valence-corrected chi connectivity index (χ0v) is 18.3. The third kappa shape index (κ3) is 4.12. The standard InChI is InChI=1S/C24H22N2O7/c1-30-18-8-10-19(11-9-18)33-23-22(15-7-12-20(31-2)21(13-15)32-3)25(24(23)27)16-5-4-6-17(14-16)26(28)29/h4-14,22-23H,1-3H3/t22-,23+/m1/s1. The molecule has 1 aliphatic heterocycles. The molecule has 0 spiro atoms. The molecule has 33 heavy (non-hydrogen) atoms. The molecule has 0 aliphatic carbocycles. The van der Waals surface area contributed by atoms with Gasteiger partial charge in [-0.1, -0.05) is 12.1 Å². The van der Waals surface area contributed by atoms with Crippen molar-refractivity contribution >= 4 is 17.3 Å². The van der Waals surface area contributed by atoms with E-state index in [1.54, 1.807) is 55.6 Å². The van der Waals surface area contributed by atoms with E-state index in [1.165, 1.54) is 31.3 Å². The lowest BCUT2D eigenvalue weighted by molar-refractivity contribution is -0.384. The summed E-state index contributed by atoms with van der Waals surface area (Å²) in [5, 5.41) is 11.3.